The SMILES string of the molecule is CCOc1cc(C2NC(=O)c3c(sc4c3CCC(C(C)(C)C)C4)N2)cc(I)c1O. The Kier molecular flexibility index (Phi) is 5.48. The highest BCUT2D eigenvalue weighted by Gasteiger charge is 2.36. The predicted molar refractivity (Wildman–Crippen MR) is 125 cm³/mol. The van der Waals surface area contributed by atoms with Crippen LogP contribution in [-0.4, -0.2) is 17.6 Å². The van der Waals surface area contributed by atoms with E-state index < -0.39 is 0 Å². The molecule has 1 aliphatic carbocycles. The monoisotopic (exact) mass is 526 g/mol. The van der Waals surface area contributed by atoms with Gasteiger partial charge in [-0.15, -0.1) is 11.3 Å². The molecule has 2 unspecified atom stereocenters. The Morgan fingerprint density at radius 3 is 2.76 bits per heavy atom. The molecule has 29 heavy (non-hydrogen) atoms. The van der Waals surface area contributed by atoms with E-state index in [0.29, 0.717) is 21.8 Å². The number of phenolic OH excluding ortho intramolecular Hbond substituents is 1. The van der Waals surface area contributed by atoms with E-state index in [1.807, 2.05) is 13.0 Å². The van der Waals surface area contributed by atoms with Gasteiger partial charge in [0.1, 0.15) is 11.2 Å². The number of nitrogens with one attached hydrogen (secondary N) is 2. The van der Waals surface area contributed by atoms with Crippen molar-refractivity contribution in [1.82, 2.24) is 5.32 Å². The van der Waals surface area contributed by atoms with Crippen molar-refractivity contribution < 1.29 is 14.6 Å². The van der Waals surface area contributed by atoms with Crippen LogP contribution in [0.4, 0.5) is 5.00 Å². The van der Waals surface area contributed by atoms with Gasteiger partial charge in [-0.2, -0.15) is 0 Å². The van der Waals surface area contributed by atoms with Gasteiger partial charge in [-0.05, 0) is 83.4 Å². The highest BCUT2D eigenvalue weighted by atomic mass is 127. The molecule has 4 rings (SSSR count). The summed E-state index contributed by atoms with van der Waals surface area (Å²) in [6, 6.07) is 3.68. The Bertz CT molecular complexity index is 964. The van der Waals surface area contributed by atoms with E-state index in [9.17, 15) is 9.90 Å². The molecule has 0 fully saturated rings. The van der Waals surface area contributed by atoms with Crippen molar-refractivity contribution in [2.45, 2.75) is 53.1 Å². The predicted octanol–water partition coefficient (Wildman–Crippen LogP) is 5.46. The Morgan fingerprint density at radius 2 is 2.07 bits per heavy atom. The molecule has 0 spiro atoms. The normalized spacial score (nSPS) is 21.1. The highest BCUT2D eigenvalue weighted by Crippen LogP contribution is 2.46. The Hall–Kier alpha value is -1.48. The van der Waals surface area contributed by atoms with E-state index in [2.05, 4.69) is 54.0 Å². The van der Waals surface area contributed by atoms with Crippen molar-refractivity contribution in [3.63, 3.8) is 0 Å². The van der Waals surface area contributed by atoms with E-state index in [-0.39, 0.29) is 23.2 Å². The summed E-state index contributed by atoms with van der Waals surface area (Å²) in [6.45, 7) is 9.26. The Balaban J connectivity index is 1.65. The van der Waals surface area contributed by atoms with Crippen LogP contribution in [0.15, 0.2) is 12.1 Å². The lowest BCUT2D eigenvalue weighted by Gasteiger charge is -2.34. The smallest absolute Gasteiger partial charge is 0.256 e. The molecule has 2 heterocycles. The molecule has 5 nitrogen and oxygen atoms in total. The number of benzene rings is 1. The first kappa shape index (κ1) is 20.8. The van der Waals surface area contributed by atoms with Crippen LogP contribution in [0.1, 0.15) is 66.6 Å². The molecule has 2 aromatic rings. The van der Waals surface area contributed by atoms with E-state index in [1.165, 1.54) is 10.4 Å². The number of hydrogen-bond donors (Lipinski definition) is 3. The molecular formula is C22H27IN2O3S. The number of amides is 1. The highest BCUT2D eigenvalue weighted by molar-refractivity contribution is 14.1. The number of ether oxygens (including phenoxy) is 1. The largest absolute Gasteiger partial charge is 0.504 e. The molecule has 0 bridgehead atoms. The number of anilines is 1. The fourth-order valence-electron chi connectivity index (χ4n) is 4.23. The molecule has 1 aromatic carbocycles. The molecular weight excluding hydrogens is 499 g/mol. The lowest BCUT2D eigenvalue weighted by Crippen LogP contribution is -2.38. The maximum atomic E-state index is 13.0. The number of carbonyl (C=O) groups excluding carboxylic acids is 1. The molecule has 0 saturated carbocycles. The second-order valence-electron chi connectivity index (χ2n) is 8.85. The van der Waals surface area contributed by atoms with Gasteiger partial charge in [0.15, 0.2) is 11.5 Å². The number of rotatable bonds is 3. The van der Waals surface area contributed by atoms with E-state index in [4.69, 9.17) is 4.74 Å². The summed E-state index contributed by atoms with van der Waals surface area (Å²) in [5.74, 6) is 1.20. The summed E-state index contributed by atoms with van der Waals surface area (Å²) in [6.07, 6.45) is 2.79. The van der Waals surface area contributed by atoms with Gasteiger partial charge in [-0.3, -0.25) is 4.79 Å². The molecule has 1 amide bonds. The molecule has 0 radical (unpaired) electrons. The van der Waals surface area contributed by atoms with Crippen molar-refractivity contribution in [2.75, 3.05) is 11.9 Å². The van der Waals surface area contributed by atoms with Gasteiger partial charge in [0, 0.05) is 4.88 Å². The van der Waals surface area contributed by atoms with Crippen LogP contribution in [0, 0.1) is 14.9 Å². The zero-order valence-electron chi connectivity index (χ0n) is 17.2. The number of aromatic hydroxyl groups is 1. The Morgan fingerprint density at radius 1 is 1.31 bits per heavy atom. The number of hydrogen-bond acceptors (Lipinski definition) is 5. The van der Waals surface area contributed by atoms with Crippen LogP contribution in [0.5, 0.6) is 11.5 Å². The third-order valence-electron chi connectivity index (χ3n) is 5.95. The number of carbonyl (C=O) groups is 1. The van der Waals surface area contributed by atoms with Gasteiger partial charge in [0.2, 0.25) is 0 Å². The summed E-state index contributed by atoms with van der Waals surface area (Å²) in [5.41, 5.74) is 3.20. The first-order chi connectivity index (χ1) is 13.7. The topological polar surface area (TPSA) is 70.6 Å². The summed E-state index contributed by atoms with van der Waals surface area (Å²) in [7, 11) is 0. The van der Waals surface area contributed by atoms with Crippen molar-refractivity contribution in [3.05, 3.63) is 37.3 Å². The van der Waals surface area contributed by atoms with Crippen LogP contribution in [-0.2, 0) is 12.8 Å². The molecule has 3 N–H and O–H groups in total. The maximum Gasteiger partial charge on any atom is 0.256 e. The number of phenols is 1. The van der Waals surface area contributed by atoms with Crippen LogP contribution < -0.4 is 15.4 Å². The van der Waals surface area contributed by atoms with Gasteiger partial charge in [0.05, 0.1) is 15.7 Å². The minimum Gasteiger partial charge on any atom is -0.504 e. The first-order valence-corrected chi connectivity index (χ1v) is 12.0. The lowest BCUT2D eigenvalue weighted by molar-refractivity contribution is 0.0934. The van der Waals surface area contributed by atoms with Crippen molar-refractivity contribution in [1.29, 1.82) is 0 Å². The second-order valence-corrected chi connectivity index (χ2v) is 11.1. The minimum atomic E-state index is -0.346. The van der Waals surface area contributed by atoms with E-state index in [1.54, 1.807) is 17.4 Å². The molecule has 7 heteroatoms. The zero-order valence-corrected chi connectivity index (χ0v) is 20.2. The Labute approximate surface area is 189 Å². The molecule has 2 atom stereocenters. The van der Waals surface area contributed by atoms with E-state index >= 15 is 0 Å². The molecule has 156 valence electrons. The third kappa shape index (κ3) is 3.83. The lowest BCUT2D eigenvalue weighted by atomic mass is 9.72. The van der Waals surface area contributed by atoms with Crippen LogP contribution in [0.25, 0.3) is 0 Å². The summed E-state index contributed by atoms with van der Waals surface area (Å²) >= 11 is 3.82. The van der Waals surface area contributed by atoms with Crippen LogP contribution >= 0.6 is 33.9 Å². The van der Waals surface area contributed by atoms with Crippen molar-refractivity contribution >= 4 is 44.8 Å². The van der Waals surface area contributed by atoms with Gasteiger partial charge in [-0.25, -0.2) is 0 Å². The standard InChI is InChI=1S/C22H27IN2O3S/c1-5-28-15-9-11(8-14(23)18(15)26)19-24-20(27)17-13-7-6-12(22(2,3)4)10-16(13)29-21(17)25-19/h8-9,12,19,25-26H,5-7,10H2,1-4H3,(H,24,27). The fourth-order valence-corrected chi connectivity index (χ4v) is 6.21. The summed E-state index contributed by atoms with van der Waals surface area (Å²) < 4.78 is 6.26. The minimum absolute atomic E-state index is 0.0171. The number of fused-ring (bicyclic) bond motifs is 3. The summed E-state index contributed by atoms with van der Waals surface area (Å²) in [4.78, 5) is 14.4. The summed E-state index contributed by atoms with van der Waals surface area (Å²) in [5, 5.41) is 17.8. The average molecular weight is 526 g/mol. The van der Waals surface area contributed by atoms with Gasteiger partial charge in [-0.1, -0.05) is 20.8 Å². The molecule has 2 aliphatic rings. The zero-order chi connectivity index (χ0) is 20.9. The van der Waals surface area contributed by atoms with E-state index in [0.717, 1.165) is 35.4 Å². The van der Waals surface area contributed by atoms with Crippen LogP contribution in [0.2, 0.25) is 0 Å². The third-order valence-corrected chi connectivity index (χ3v) is 7.96. The molecule has 1 aliphatic heterocycles. The van der Waals surface area contributed by atoms with Gasteiger partial charge >= 0.3 is 0 Å². The van der Waals surface area contributed by atoms with Crippen LogP contribution in [0.3, 0.4) is 0 Å². The average Bonchev–Trinajstić information content (AvgIpc) is 3.02. The van der Waals surface area contributed by atoms with Crippen molar-refractivity contribution in [3.8, 4) is 11.5 Å². The molecule has 1 aromatic heterocycles. The first-order valence-electron chi connectivity index (χ1n) is 10.1. The number of halogens is 1. The number of thiophene rings is 1. The van der Waals surface area contributed by atoms with Gasteiger partial charge in [0.25, 0.3) is 5.91 Å². The molecule has 0 saturated heterocycles. The van der Waals surface area contributed by atoms with Crippen molar-refractivity contribution in [2.24, 2.45) is 11.3 Å². The fraction of sp³-hybridized carbons (Fsp3) is 0.500. The maximum absolute atomic E-state index is 13.0. The van der Waals surface area contributed by atoms with Gasteiger partial charge < -0.3 is 20.5 Å². The quantitative estimate of drug-likeness (QED) is 0.465. The second kappa shape index (κ2) is 7.65.